The van der Waals surface area contributed by atoms with Gasteiger partial charge in [0.05, 0.1) is 29.3 Å². The highest BCUT2D eigenvalue weighted by Crippen LogP contribution is 2.15. The van der Waals surface area contributed by atoms with Gasteiger partial charge in [-0.2, -0.15) is 0 Å². The van der Waals surface area contributed by atoms with Crippen LogP contribution in [0, 0.1) is 13.8 Å². The van der Waals surface area contributed by atoms with E-state index in [4.69, 9.17) is 4.52 Å². The Morgan fingerprint density at radius 1 is 1.48 bits per heavy atom. The van der Waals surface area contributed by atoms with E-state index in [1.165, 1.54) is 17.4 Å². The van der Waals surface area contributed by atoms with Crippen molar-refractivity contribution in [2.75, 3.05) is 13.1 Å². The van der Waals surface area contributed by atoms with Crippen LogP contribution in [0.3, 0.4) is 0 Å². The maximum Gasteiger partial charge on any atom is 0.273 e. The summed E-state index contributed by atoms with van der Waals surface area (Å²) in [6, 6.07) is 1.12. The molecule has 1 aliphatic rings. The summed E-state index contributed by atoms with van der Waals surface area (Å²) in [5.41, 5.74) is 0.931. The predicted octanol–water partition coefficient (Wildman–Crippen LogP) is 0.682. The van der Waals surface area contributed by atoms with E-state index >= 15 is 0 Å². The molecule has 0 saturated carbocycles. The maximum atomic E-state index is 12.3. The van der Waals surface area contributed by atoms with E-state index in [1.54, 1.807) is 11.8 Å². The van der Waals surface area contributed by atoms with Gasteiger partial charge in [-0.15, -0.1) is 11.3 Å². The Labute approximate surface area is 148 Å². The second kappa shape index (κ2) is 7.32. The molecule has 0 radical (unpaired) electrons. The van der Waals surface area contributed by atoms with Crippen LogP contribution in [-0.2, 0) is 11.2 Å². The number of hydrogen-bond acceptors (Lipinski definition) is 7. The molecular formula is C16H20N4O4S. The van der Waals surface area contributed by atoms with Crippen molar-refractivity contribution in [3.05, 3.63) is 33.6 Å². The normalized spacial score (nSPS) is 20.5. The molecule has 0 unspecified atom stereocenters. The van der Waals surface area contributed by atoms with Crippen LogP contribution in [0.4, 0.5) is 0 Å². The first-order valence-corrected chi connectivity index (χ1v) is 8.91. The number of aromatic nitrogens is 2. The fourth-order valence-electron chi connectivity index (χ4n) is 2.80. The van der Waals surface area contributed by atoms with Gasteiger partial charge < -0.3 is 19.8 Å². The second-order valence-electron chi connectivity index (χ2n) is 6.13. The van der Waals surface area contributed by atoms with Crippen LogP contribution in [0.15, 0.2) is 16.0 Å². The number of aliphatic hydroxyl groups excluding tert-OH is 1. The van der Waals surface area contributed by atoms with Crippen molar-refractivity contribution in [2.24, 2.45) is 0 Å². The molecule has 0 aromatic carbocycles. The molecule has 2 aromatic rings. The number of hydrogen-bond donors (Lipinski definition) is 2. The van der Waals surface area contributed by atoms with Crippen molar-refractivity contribution in [1.82, 2.24) is 20.4 Å². The smallest absolute Gasteiger partial charge is 0.273 e. The lowest BCUT2D eigenvalue weighted by Gasteiger charge is -2.36. The molecule has 2 N–H and O–H groups in total. The Kier molecular flexibility index (Phi) is 5.14. The lowest BCUT2D eigenvalue weighted by atomic mass is 10.0. The summed E-state index contributed by atoms with van der Waals surface area (Å²) >= 11 is 1.51. The summed E-state index contributed by atoms with van der Waals surface area (Å²) in [4.78, 5) is 30.3. The largest absolute Gasteiger partial charge is 0.389 e. The number of carbonyl (C=O) groups excluding carboxylic acids is 2. The van der Waals surface area contributed by atoms with E-state index in [0.717, 1.165) is 10.7 Å². The highest BCUT2D eigenvalue weighted by atomic mass is 32.1. The van der Waals surface area contributed by atoms with Crippen molar-refractivity contribution in [1.29, 1.82) is 0 Å². The summed E-state index contributed by atoms with van der Waals surface area (Å²) < 4.78 is 4.88. The van der Waals surface area contributed by atoms with Gasteiger partial charge in [0.1, 0.15) is 5.76 Å². The zero-order valence-electron chi connectivity index (χ0n) is 14.1. The molecule has 3 heterocycles. The Balaban J connectivity index is 1.53. The molecule has 3 rings (SSSR count). The molecule has 2 aromatic heterocycles. The summed E-state index contributed by atoms with van der Waals surface area (Å²) in [6.45, 7) is 4.26. The molecule has 0 spiro atoms. The first-order valence-electron chi connectivity index (χ1n) is 8.03. The van der Waals surface area contributed by atoms with Gasteiger partial charge in [0, 0.05) is 24.5 Å². The lowest BCUT2D eigenvalue weighted by molar-refractivity contribution is -0.134. The summed E-state index contributed by atoms with van der Waals surface area (Å²) in [5.74, 6) is 0.0864. The van der Waals surface area contributed by atoms with Crippen LogP contribution < -0.4 is 5.32 Å². The first kappa shape index (κ1) is 17.6. The van der Waals surface area contributed by atoms with Crippen LogP contribution in [0.2, 0.25) is 0 Å². The Morgan fingerprint density at radius 3 is 2.88 bits per heavy atom. The molecule has 2 amide bonds. The third kappa shape index (κ3) is 4.23. The van der Waals surface area contributed by atoms with Gasteiger partial charge in [-0.05, 0) is 20.3 Å². The molecule has 0 bridgehead atoms. The number of nitrogens with zero attached hydrogens (tertiary/aromatic N) is 3. The lowest BCUT2D eigenvalue weighted by Crippen LogP contribution is -2.55. The SMILES string of the molecule is Cc1cc(C(=O)N[C@@H]2CCN(C(=O)Cc3csc(C)n3)C[C@H]2O)no1. The van der Waals surface area contributed by atoms with E-state index in [-0.39, 0.29) is 24.6 Å². The third-order valence-corrected chi connectivity index (χ3v) is 4.93. The van der Waals surface area contributed by atoms with Crippen LogP contribution in [0.25, 0.3) is 0 Å². The minimum Gasteiger partial charge on any atom is -0.389 e. The van der Waals surface area contributed by atoms with Gasteiger partial charge >= 0.3 is 0 Å². The van der Waals surface area contributed by atoms with Gasteiger partial charge in [0.2, 0.25) is 5.91 Å². The first-order chi connectivity index (χ1) is 11.9. The van der Waals surface area contributed by atoms with Gasteiger partial charge in [0.25, 0.3) is 5.91 Å². The molecule has 1 fully saturated rings. The third-order valence-electron chi connectivity index (χ3n) is 4.11. The van der Waals surface area contributed by atoms with Gasteiger partial charge in [-0.1, -0.05) is 5.16 Å². The van der Waals surface area contributed by atoms with E-state index in [9.17, 15) is 14.7 Å². The van der Waals surface area contributed by atoms with Crippen molar-refractivity contribution < 1.29 is 19.2 Å². The van der Waals surface area contributed by atoms with E-state index in [1.807, 2.05) is 12.3 Å². The van der Waals surface area contributed by atoms with Crippen LogP contribution in [0.1, 0.15) is 33.4 Å². The molecule has 25 heavy (non-hydrogen) atoms. The van der Waals surface area contributed by atoms with Crippen LogP contribution in [-0.4, -0.2) is 57.2 Å². The van der Waals surface area contributed by atoms with E-state index < -0.39 is 18.1 Å². The number of nitrogens with one attached hydrogen (secondary N) is 1. The number of β-amino-alcohol motifs (C(OH)–C–C–N with tert-alkyl or cyclic N) is 1. The fourth-order valence-corrected chi connectivity index (χ4v) is 3.41. The topological polar surface area (TPSA) is 109 Å². The summed E-state index contributed by atoms with van der Waals surface area (Å²) in [6.07, 6.45) is -0.121. The number of aliphatic hydroxyl groups is 1. The quantitative estimate of drug-likeness (QED) is 0.826. The monoisotopic (exact) mass is 364 g/mol. The Morgan fingerprint density at radius 2 is 2.28 bits per heavy atom. The summed E-state index contributed by atoms with van der Waals surface area (Å²) in [7, 11) is 0. The molecule has 0 aliphatic carbocycles. The average Bonchev–Trinajstić information content (AvgIpc) is 3.17. The highest BCUT2D eigenvalue weighted by molar-refractivity contribution is 7.09. The standard InChI is InChI=1S/C16H20N4O4S/c1-9-5-13(19-24-9)16(23)18-12-3-4-20(7-14(12)21)15(22)6-11-8-25-10(2)17-11/h5,8,12,14,21H,3-4,6-7H2,1-2H3,(H,18,23)/t12-,14-/m1/s1. The zero-order valence-corrected chi connectivity index (χ0v) is 14.9. The number of thiazole rings is 1. The molecular weight excluding hydrogens is 344 g/mol. The zero-order chi connectivity index (χ0) is 18.0. The van der Waals surface area contributed by atoms with Gasteiger partial charge in [0.15, 0.2) is 5.69 Å². The van der Waals surface area contributed by atoms with Gasteiger partial charge in [-0.25, -0.2) is 4.98 Å². The van der Waals surface area contributed by atoms with Crippen molar-refractivity contribution in [2.45, 2.75) is 38.8 Å². The van der Waals surface area contributed by atoms with Crippen molar-refractivity contribution >= 4 is 23.2 Å². The van der Waals surface area contributed by atoms with Crippen LogP contribution >= 0.6 is 11.3 Å². The molecule has 9 heteroatoms. The molecule has 8 nitrogen and oxygen atoms in total. The average molecular weight is 364 g/mol. The number of likely N-dealkylation sites (tertiary alicyclic amines) is 1. The maximum absolute atomic E-state index is 12.3. The number of rotatable bonds is 4. The predicted molar refractivity (Wildman–Crippen MR) is 90.3 cm³/mol. The minimum absolute atomic E-state index is 0.0683. The molecule has 1 saturated heterocycles. The van der Waals surface area contributed by atoms with Gasteiger partial charge in [-0.3, -0.25) is 9.59 Å². The van der Waals surface area contributed by atoms with E-state index in [0.29, 0.717) is 18.7 Å². The Hall–Kier alpha value is -2.26. The van der Waals surface area contributed by atoms with Crippen molar-refractivity contribution in [3.8, 4) is 0 Å². The highest BCUT2D eigenvalue weighted by Gasteiger charge is 2.31. The summed E-state index contributed by atoms with van der Waals surface area (Å²) in [5, 5.41) is 19.5. The number of amides is 2. The number of piperidine rings is 1. The second-order valence-corrected chi connectivity index (χ2v) is 7.20. The number of aryl methyl sites for hydroxylation is 2. The molecule has 134 valence electrons. The van der Waals surface area contributed by atoms with Crippen molar-refractivity contribution in [3.63, 3.8) is 0 Å². The molecule has 2 atom stereocenters. The Bertz CT molecular complexity index is 772. The molecule has 1 aliphatic heterocycles. The number of carbonyl (C=O) groups is 2. The fraction of sp³-hybridized carbons (Fsp3) is 0.500. The minimum atomic E-state index is -0.827. The van der Waals surface area contributed by atoms with E-state index in [2.05, 4.69) is 15.5 Å². The van der Waals surface area contributed by atoms with Crippen LogP contribution in [0.5, 0.6) is 0 Å².